The molecule has 0 N–H and O–H groups in total. The number of hydrogen-bond acceptors (Lipinski definition) is 4. The molecule has 0 saturated carbocycles. The molecule has 0 radical (unpaired) electrons. The zero-order valence-electron chi connectivity index (χ0n) is 20.5. The molecule has 4 nitrogen and oxygen atoms in total. The summed E-state index contributed by atoms with van der Waals surface area (Å²) in [6, 6.07) is 7.25. The average Bonchev–Trinajstić information content (AvgIpc) is 2.87. The highest BCUT2D eigenvalue weighted by Gasteiger charge is 2.52. The summed E-state index contributed by atoms with van der Waals surface area (Å²) in [4.78, 5) is 4.60. The van der Waals surface area contributed by atoms with E-state index in [1.165, 1.54) is 12.1 Å². The topological polar surface area (TPSA) is 40.6 Å². The van der Waals surface area contributed by atoms with Crippen LogP contribution in [0.4, 0.5) is 8.78 Å². The van der Waals surface area contributed by atoms with Crippen LogP contribution in [0.2, 0.25) is 18.1 Å². The smallest absolute Gasteiger partial charge is 0.404 e. The molecule has 1 aliphatic rings. The molecule has 0 aliphatic carbocycles. The van der Waals surface area contributed by atoms with Crippen LogP contribution in [0.1, 0.15) is 65.8 Å². The van der Waals surface area contributed by atoms with Gasteiger partial charge in [-0.2, -0.15) is 0 Å². The Morgan fingerprint density at radius 1 is 1.00 bits per heavy atom. The lowest BCUT2D eigenvalue weighted by Gasteiger charge is -2.39. The van der Waals surface area contributed by atoms with Gasteiger partial charge < -0.3 is 13.7 Å². The Bertz CT molecular complexity index is 958. The highest BCUT2D eigenvalue weighted by atomic mass is 28.4. The molecular weight excluding hydrogens is 427 g/mol. The van der Waals surface area contributed by atoms with Crippen molar-refractivity contribution >= 4 is 20.9 Å². The van der Waals surface area contributed by atoms with Gasteiger partial charge in [-0.3, -0.25) is 4.98 Å². The fraction of sp³-hybridized carbons (Fsp3) is 0.542. The third-order valence-electron chi connectivity index (χ3n) is 7.07. The van der Waals surface area contributed by atoms with Crippen LogP contribution < -0.4 is 5.46 Å². The van der Waals surface area contributed by atoms with E-state index in [1.54, 1.807) is 12.3 Å². The number of halogens is 2. The summed E-state index contributed by atoms with van der Waals surface area (Å²) in [5.41, 5.74) is 0.689. The van der Waals surface area contributed by atoms with Gasteiger partial charge in [-0.05, 0) is 58.0 Å². The SMILES string of the molecule is CC1(C)OB(c2ccc(C(O[Si](C)(C)C(C)(C)C)c3ccc(F)cc3F)nc2)OC1(C)C. The van der Waals surface area contributed by atoms with Crippen molar-refractivity contribution in [2.45, 2.75) is 83.9 Å². The van der Waals surface area contributed by atoms with E-state index in [1.807, 2.05) is 33.8 Å². The number of benzene rings is 1. The predicted molar refractivity (Wildman–Crippen MR) is 126 cm³/mol. The van der Waals surface area contributed by atoms with Gasteiger partial charge in [0, 0.05) is 23.3 Å². The minimum Gasteiger partial charge on any atom is -0.404 e. The fourth-order valence-electron chi connectivity index (χ4n) is 3.16. The van der Waals surface area contributed by atoms with E-state index < -0.39 is 44.4 Å². The molecule has 2 aromatic rings. The van der Waals surface area contributed by atoms with Gasteiger partial charge in [0.05, 0.1) is 16.9 Å². The first-order valence-corrected chi connectivity index (χ1v) is 13.9. The van der Waals surface area contributed by atoms with Crippen molar-refractivity contribution in [2.75, 3.05) is 0 Å². The van der Waals surface area contributed by atoms with Crippen molar-refractivity contribution in [1.29, 1.82) is 0 Å². The van der Waals surface area contributed by atoms with Gasteiger partial charge in [-0.15, -0.1) is 0 Å². The summed E-state index contributed by atoms with van der Waals surface area (Å²) in [7, 11) is -2.84. The summed E-state index contributed by atoms with van der Waals surface area (Å²) in [5, 5.41) is -0.0929. The molecular formula is C24H34BF2NO3Si. The normalized spacial score (nSPS) is 19.3. The Hall–Kier alpha value is -1.61. The number of pyridine rings is 1. The zero-order chi connectivity index (χ0) is 24.1. The molecule has 8 heteroatoms. The molecule has 1 fully saturated rings. The maximum Gasteiger partial charge on any atom is 0.496 e. The molecule has 1 atom stereocenters. The molecule has 32 heavy (non-hydrogen) atoms. The first kappa shape index (κ1) is 25.0. The summed E-state index contributed by atoms with van der Waals surface area (Å²) in [6.07, 6.45) is 0.935. The zero-order valence-corrected chi connectivity index (χ0v) is 21.5. The van der Waals surface area contributed by atoms with Crippen molar-refractivity contribution in [3.8, 4) is 0 Å². The van der Waals surface area contributed by atoms with Gasteiger partial charge >= 0.3 is 7.12 Å². The van der Waals surface area contributed by atoms with E-state index in [4.69, 9.17) is 13.7 Å². The Labute approximate surface area is 192 Å². The third kappa shape index (κ3) is 4.83. The van der Waals surface area contributed by atoms with Crippen LogP contribution in [0.5, 0.6) is 0 Å². The Morgan fingerprint density at radius 2 is 1.59 bits per heavy atom. The Morgan fingerprint density at radius 3 is 2.06 bits per heavy atom. The molecule has 2 heterocycles. The summed E-state index contributed by atoms with van der Waals surface area (Å²) >= 11 is 0. The van der Waals surface area contributed by atoms with Gasteiger partial charge in [-0.1, -0.05) is 32.9 Å². The van der Waals surface area contributed by atoms with E-state index in [2.05, 4.69) is 38.8 Å². The van der Waals surface area contributed by atoms with Crippen LogP contribution in [0, 0.1) is 11.6 Å². The average molecular weight is 461 g/mol. The van der Waals surface area contributed by atoms with Crippen LogP contribution in [0.3, 0.4) is 0 Å². The van der Waals surface area contributed by atoms with Crippen molar-refractivity contribution in [1.82, 2.24) is 4.98 Å². The Kier molecular flexibility index (Phi) is 6.50. The molecule has 1 unspecified atom stereocenters. The number of rotatable bonds is 5. The lowest BCUT2D eigenvalue weighted by molar-refractivity contribution is 0.00578. The molecule has 174 valence electrons. The van der Waals surface area contributed by atoms with Crippen LogP contribution in [0.15, 0.2) is 36.5 Å². The largest absolute Gasteiger partial charge is 0.496 e. The van der Waals surface area contributed by atoms with E-state index in [0.29, 0.717) is 5.69 Å². The highest BCUT2D eigenvalue weighted by Crippen LogP contribution is 2.42. The molecule has 0 spiro atoms. The Balaban J connectivity index is 1.97. The second kappa shape index (κ2) is 8.31. The van der Waals surface area contributed by atoms with E-state index in [0.717, 1.165) is 11.5 Å². The van der Waals surface area contributed by atoms with Gasteiger partial charge in [0.25, 0.3) is 0 Å². The summed E-state index contributed by atoms with van der Waals surface area (Å²) in [5.74, 6) is -1.27. The van der Waals surface area contributed by atoms with Gasteiger partial charge in [0.15, 0.2) is 8.32 Å². The summed E-state index contributed by atoms with van der Waals surface area (Å²) in [6.45, 7) is 18.5. The minimum atomic E-state index is -2.30. The van der Waals surface area contributed by atoms with Crippen molar-refractivity contribution in [2.24, 2.45) is 0 Å². The van der Waals surface area contributed by atoms with Crippen molar-refractivity contribution in [3.05, 3.63) is 59.4 Å². The lowest BCUT2D eigenvalue weighted by Crippen LogP contribution is -2.42. The second-order valence-electron chi connectivity index (χ2n) is 11.0. The van der Waals surface area contributed by atoms with Gasteiger partial charge in [0.2, 0.25) is 0 Å². The van der Waals surface area contributed by atoms with Crippen LogP contribution in [0.25, 0.3) is 0 Å². The number of aromatic nitrogens is 1. The van der Waals surface area contributed by atoms with E-state index >= 15 is 0 Å². The third-order valence-corrected chi connectivity index (χ3v) is 11.5. The quantitative estimate of drug-likeness (QED) is 0.530. The number of hydrogen-bond donors (Lipinski definition) is 0. The maximum absolute atomic E-state index is 14.8. The molecule has 0 bridgehead atoms. The molecule has 0 amide bonds. The molecule has 1 saturated heterocycles. The monoisotopic (exact) mass is 461 g/mol. The van der Waals surface area contributed by atoms with Crippen LogP contribution >= 0.6 is 0 Å². The van der Waals surface area contributed by atoms with Gasteiger partial charge in [0.1, 0.15) is 17.7 Å². The first-order chi connectivity index (χ1) is 14.5. The summed E-state index contributed by atoms with van der Waals surface area (Å²) < 4.78 is 47.1. The second-order valence-corrected chi connectivity index (χ2v) is 15.8. The molecule has 1 aromatic heterocycles. The van der Waals surface area contributed by atoms with Crippen LogP contribution in [-0.4, -0.2) is 31.6 Å². The lowest BCUT2D eigenvalue weighted by atomic mass is 9.80. The highest BCUT2D eigenvalue weighted by molar-refractivity contribution is 6.74. The minimum absolute atomic E-state index is 0.0929. The predicted octanol–water partition coefficient (Wildman–Crippen LogP) is 5.77. The first-order valence-electron chi connectivity index (χ1n) is 11.0. The van der Waals surface area contributed by atoms with Gasteiger partial charge in [-0.25, -0.2) is 8.78 Å². The fourth-order valence-corrected chi connectivity index (χ4v) is 4.35. The number of nitrogens with zero attached hydrogens (tertiary/aromatic N) is 1. The van der Waals surface area contributed by atoms with Crippen molar-refractivity contribution in [3.63, 3.8) is 0 Å². The van der Waals surface area contributed by atoms with Crippen molar-refractivity contribution < 1.29 is 22.5 Å². The maximum atomic E-state index is 14.8. The standard InChI is InChI=1S/C24H34BF2NO3Si/c1-22(2,3)32(8,9)29-21(18-12-11-17(26)14-19(18)27)20-13-10-16(15-28-20)25-30-23(4,5)24(6,7)31-25/h10-15,21H,1-9H3. The molecule has 3 rings (SSSR count). The molecule has 1 aromatic carbocycles. The molecule has 1 aliphatic heterocycles. The van der Waals surface area contributed by atoms with Crippen LogP contribution in [-0.2, 0) is 13.7 Å². The van der Waals surface area contributed by atoms with E-state index in [-0.39, 0.29) is 10.6 Å². The van der Waals surface area contributed by atoms with E-state index in [9.17, 15) is 8.78 Å².